The molecule has 0 unspecified atom stereocenters. The van der Waals surface area contributed by atoms with Crippen molar-refractivity contribution < 1.29 is 28.5 Å². The van der Waals surface area contributed by atoms with E-state index in [0.29, 0.717) is 47.9 Å². The van der Waals surface area contributed by atoms with E-state index in [2.05, 4.69) is 19.2 Å². The molecule has 29 heavy (non-hydrogen) atoms. The summed E-state index contributed by atoms with van der Waals surface area (Å²) in [5, 5.41) is 2.99. The Labute approximate surface area is 171 Å². The fourth-order valence-electron chi connectivity index (χ4n) is 3.77. The number of esters is 1. The molecular weight excluding hydrogens is 374 g/mol. The van der Waals surface area contributed by atoms with Gasteiger partial charge in [-0.25, -0.2) is 4.79 Å². The molecule has 1 N–H and O–H groups in total. The lowest BCUT2D eigenvalue weighted by Crippen LogP contribution is -2.45. The average molecular weight is 403 g/mol. The van der Waals surface area contributed by atoms with Gasteiger partial charge in [-0.1, -0.05) is 26.7 Å². The quantitative estimate of drug-likeness (QED) is 0.581. The third kappa shape index (κ3) is 5.43. The number of benzene rings is 1. The molecule has 7 heteroatoms. The molecule has 1 amide bonds. The largest absolute Gasteiger partial charge is 0.493 e. The van der Waals surface area contributed by atoms with Crippen molar-refractivity contribution in [1.29, 1.82) is 0 Å². The highest BCUT2D eigenvalue weighted by Gasteiger charge is 2.28. The topological polar surface area (TPSA) is 83.1 Å². The lowest BCUT2D eigenvalue weighted by atomic mass is 9.78. The zero-order chi connectivity index (χ0) is 20.8. The van der Waals surface area contributed by atoms with E-state index < -0.39 is 5.97 Å². The number of carbonyl (C=O) groups is 2. The number of ether oxygens (including phenoxy) is 4. The molecule has 1 aromatic carbocycles. The summed E-state index contributed by atoms with van der Waals surface area (Å²) in [6, 6.07) is 3.65. The molecule has 0 bridgehead atoms. The first-order valence-electron chi connectivity index (χ1n) is 10.1. The van der Waals surface area contributed by atoms with Gasteiger partial charge in [0.15, 0.2) is 18.1 Å². The van der Waals surface area contributed by atoms with E-state index >= 15 is 0 Å². The van der Waals surface area contributed by atoms with Crippen LogP contribution >= 0.6 is 0 Å². The minimum atomic E-state index is -0.584. The van der Waals surface area contributed by atoms with Crippen LogP contribution in [0.25, 0.3) is 6.08 Å². The summed E-state index contributed by atoms with van der Waals surface area (Å²) in [5.74, 6) is 1.82. The Kier molecular flexibility index (Phi) is 7.01. The monoisotopic (exact) mass is 403 g/mol. The minimum absolute atomic E-state index is 0.144. The van der Waals surface area contributed by atoms with Crippen molar-refractivity contribution >= 4 is 18.0 Å². The summed E-state index contributed by atoms with van der Waals surface area (Å²) in [5.41, 5.74) is 0.706. The molecule has 0 radical (unpaired) electrons. The van der Waals surface area contributed by atoms with Gasteiger partial charge in [-0.3, -0.25) is 4.79 Å². The van der Waals surface area contributed by atoms with Crippen molar-refractivity contribution in [3.63, 3.8) is 0 Å². The Bertz CT molecular complexity index is 758. The Morgan fingerprint density at radius 2 is 2.00 bits per heavy atom. The molecule has 1 saturated carbocycles. The van der Waals surface area contributed by atoms with E-state index in [1.807, 2.05) is 0 Å². The Morgan fingerprint density at radius 3 is 2.79 bits per heavy atom. The molecule has 1 aliphatic heterocycles. The number of hydrogen-bond donors (Lipinski definition) is 1. The highest BCUT2D eigenvalue weighted by Crippen LogP contribution is 2.40. The van der Waals surface area contributed by atoms with Gasteiger partial charge in [0.2, 0.25) is 5.75 Å². The average Bonchev–Trinajstić information content (AvgIpc) is 2.73. The smallest absolute Gasteiger partial charge is 0.331 e. The molecular formula is C22H29NO6. The van der Waals surface area contributed by atoms with Crippen molar-refractivity contribution in [3.05, 3.63) is 23.8 Å². The Balaban J connectivity index is 1.51. The first-order valence-corrected chi connectivity index (χ1v) is 10.1. The highest BCUT2D eigenvalue weighted by atomic mass is 16.6. The lowest BCUT2D eigenvalue weighted by Gasteiger charge is -2.34. The number of rotatable bonds is 6. The number of fused-ring (bicyclic) bond motifs is 1. The number of carbonyl (C=O) groups excluding carboxylic acids is 2. The minimum Gasteiger partial charge on any atom is -0.493 e. The molecule has 158 valence electrons. The predicted molar refractivity (Wildman–Crippen MR) is 108 cm³/mol. The van der Waals surface area contributed by atoms with Crippen molar-refractivity contribution in [2.24, 2.45) is 11.8 Å². The van der Waals surface area contributed by atoms with Crippen LogP contribution in [0.15, 0.2) is 18.2 Å². The summed E-state index contributed by atoms with van der Waals surface area (Å²) in [7, 11) is 1.54. The highest BCUT2D eigenvalue weighted by molar-refractivity contribution is 5.89. The molecule has 7 nitrogen and oxygen atoms in total. The molecule has 0 aromatic heterocycles. The van der Waals surface area contributed by atoms with Crippen molar-refractivity contribution in [1.82, 2.24) is 5.32 Å². The van der Waals surface area contributed by atoms with Gasteiger partial charge in [-0.2, -0.15) is 0 Å². The molecule has 0 spiro atoms. The fourth-order valence-corrected chi connectivity index (χ4v) is 3.77. The number of amides is 1. The molecule has 3 rings (SSSR count). The van der Waals surface area contributed by atoms with Gasteiger partial charge in [0.25, 0.3) is 5.91 Å². The van der Waals surface area contributed by atoms with Crippen LogP contribution in [-0.4, -0.2) is 44.8 Å². The second-order valence-corrected chi connectivity index (χ2v) is 7.63. The second-order valence-electron chi connectivity index (χ2n) is 7.63. The van der Waals surface area contributed by atoms with Crippen LogP contribution in [0.3, 0.4) is 0 Å². The van der Waals surface area contributed by atoms with Gasteiger partial charge >= 0.3 is 5.97 Å². The Morgan fingerprint density at radius 1 is 1.21 bits per heavy atom. The second kappa shape index (κ2) is 9.67. The van der Waals surface area contributed by atoms with Gasteiger partial charge in [0.05, 0.1) is 7.11 Å². The van der Waals surface area contributed by atoms with Crippen LogP contribution in [0, 0.1) is 11.8 Å². The van der Waals surface area contributed by atoms with E-state index in [-0.39, 0.29) is 18.6 Å². The molecule has 3 atom stereocenters. The van der Waals surface area contributed by atoms with Crippen LogP contribution in [0.2, 0.25) is 0 Å². The van der Waals surface area contributed by atoms with Crippen LogP contribution < -0.4 is 19.5 Å². The van der Waals surface area contributed by atoms with Crippen LogP contribution in [0.1, 0.15) is 38.7 Å². The molecule has 1 heterocycles. The van der Waals surface area contributed by atoms with Gasteiger partial charge < -0.3 is 24.3 Å². The molecule has 0 saturated heterocycles. The maximum atomic E-state index is 12.1. The van der Waals surface area contributed by atoms with E-state index in [9.17, 15) is 9.59 Å². The van der Waals surface area contributed by atoms with E-state index in [1.54, 1.807) is 25.3 Å². The molecule has 1 aliphatic carbocycles. The summed E-state index contributed by atoms with van der Waals surface area (Å²) < 4.78 is 21.5. The number of nitrogens with one attached hydrogen (secondary N) is 1. The molecule has 1 fully saturated rings. The Hall–Kier alpha value is -2.70. The van der Waals surface area contributed by atoms with Gasteiger partial charge in [-0.05, 0) is 42.0 Å². The summed E-state index contributed by atoms with van der Waals surface area (Å²) >= 11 is 0. The lowest BCUT2D eigenvalue weighted by molar-refractivity contribution is -0.144. The maximum Gasteiger partial charge on any atom is 0.331 e. The van der Waals surface area contributed by atoms with Crippen molar-refractivity contribution in [2.45, 2.75) is 39.2 Å². The standard InChI is InChI=1S/C22H29NO6/c1-14-5-4-6-17(15(14)2)23-20(24)13-29-21(25)8-7-16-11-18(26-3)22-19(12-16)27-9-10-28-22/h7-8,11-12,14-15,17H,4-6,9-10,13H2,1-3H3,(H,23,24)/b8-7+/t14-,15-,17-/m1/s1. The van der Waals surface area contributed by atoms with Crippen LogP contribution in [0.5, 0.6) is 17.2 Å². The summed E-state index contributed by atoms with van der Waals surface area (Å²) in [6.07, 6.45) is 6.14. The van der Waals surface area contributed by atoms with Crippen LogP contribution in [-0.2, 0) is 14.3 Å². The molecule has 2 aliphatic rings. The van der Waals surface area contributed by atoms with Gasteiger partial charge in [0, 0.05) is 12.1 Å². The third-order valence-electron chi connectivity index (χ3n) is 5.66. The summed E-state index contributed by atoms with van der Waals surface area (Å²) in [6.45, 7) is 5.00. The maximum absolute atomic E-state index is 12.1. The van der Waals surface area contributed by atoms with Crippen molar-refractivity contribution in [3.8, 4) is 17.2 Å². The first kappa shape index (κ1) is 21.0. The van der Waals surface area contributed by atoms with Crippen molar-refractivity contribution in [2.75, 3.05) is 26.9 Å². The van der Waals surface area contributed by atoms with E-state index in [1.165, 1.54) is 12.5 Å². The molecule has 1 aromatic rings. The zero-order valence-electron chi connectivity index (χ0n) is 17.2. The zero-order valence-corrected chi connectivity index (χ0v) is 17.2. The summed E-state index contributed by atoms with van der Waals surface area (Å²) in [4.78, 5) is 24.1. The fraction of sp³-hybridized carbons (Fsp3) is 0.545. The van der Waals surface area contributed by atoms with E-state index in [0.717, 1.165) is 12.8 Å². The SMILES string of the molecule is COc1cc(/C=C/C(=O)OCC(=O)N[C@@H]2CCC[C@@H](C)[C@H]2C)cc2c1OCCO2. The normalized spacial score (nSPS) is 23.5. The predicted octanol–water partition coefficient (Wildman–Crippen LogP) is 2.96. The van der Waals surface area contributed by atoms with E-state index in [4.69, 9.17) is 18.9 Å². The van der Waals surface area contributed by atoms with Gasteiger partial charge in [-0.15, -0.1) is 0 Å². The number of methoxy groups -OCH3 is 1. The van der Waals surface area contributed by atoms with Crippen LogP contribution in [0.4, 0.5) is 0 Å². The van der Waals surface area contributed by atoms with Gasteiger partial charge in [0.1, 0.15) is 13.2 Å². The third-order valence-corrected chi connectivity index (χ3v) is 5.66. The number of hydrogen-bond acceptors (Lipinski definition) is 6. The first-order chi connectivity index (χ1) is 14.0.